The first-order chi connectivity index (χ1) is 19.0. The molecular weight excluding hydrogens is 551 g/mol. The SMILES string of the molecule is CCOC(=O)CC1CCN(c2ccc3c(C(=O)NCC4CCCCC4)c(Cl)ccc3n2)CC1.O=C(O)C(F)(F)F. The first-order valence-corrected chi connectivity index (χ1v) is 14.0. The predicted octanol–water partition coefficient (Wildman–Crippen LogP) is 6.00. The predicted molar refractivity (Wildman–Crippen MR) is 146 cm³/mol. The van der Waals surface area contributed by atoms with Crippen molar-refractivity contribution in [3.63, 3.8) is 0 Å². The van der Waals surface area contributed by atoms with Crippen LogP contribution in [0.25, 0.3) is 10.9 Å². The van der Waals surface area contributed by atoms with E-state index in [0.717, 1.165) is 42.7 Å². The Hall–Kier alpha value is -3.08. The highest BCUT2D eigenvalue weighted by atomic mass is 35.5. The Balaban J connectivity index is 0.000000559. The number of amides is 1. The minimum atomic E-state index is -5.08. The number of carboxylic acid groups (broad SMARTS) is 1. The van der Waals surface area contributed by atoms with Crippen LogP contribution in [-0.4, -0.2) is 60.4 Å². The lowest BCUT2D eigenvalue weighted by Gasteiger charge is -2.32. The largest absolute Gasteiger partial charge is 0.490 e. The number of fused-ring (bicyclic) bond motifs is 1. The van der Waals surface area contributed by atoms with E-state index in [2.05, 4.69) is 10.2 Å². The summed E-state index contributed by atoms with van der Waals surface area (Å²) in [5, 5.41) is 11.5. The molecule has 0 atom stereocenters. The minimum absolute atomic E-state index is 0.106. The van der Waals surface area contributed by atoms with E-state index in [1.165, 1.54) is 32.1 Å². The van der Waals surface area contributed by atoms with Crippen molar-refractivity contribution in [2.45, 2.75) is 64.5 Å². The molecule has 0 unspecified atom stereocenters. The standard InChI is InChI=1S/C26H34ClN3O3.C2HF3O2/c1-2-33-24(31)16-18-12-14-30(15-13-18)23-11-8-20-22(29-23)10-9-21(27)25(20)26(32)28-17-19-6-4-3-5-7-19;3-2(4,5)1(6)7/h8-11,18-19H,2-7,12-17H2,1H3,(H,28,32);(H,6,7). The fraction of sp³-hybridized carbons (Fsp3) is 0.571. The summed E-state index contributed by atoms with van der Waals surface area (Å²) < 4.78 is 36.8. The summed E-state index contributed by atoms with van der Waals surface area (Å²) in [6, 6.07) is 7.58. The van der Waals surface area contributed by atoms with Crippen molar-refractivity contribution in [1.82, 2.24) is 10.3 Å². The monoisotopic (exact) mass is 585 g/mol. The van der Waals surface area contributed by atoms with Gasteiger partial charge in [-0.05, 0) is 68.7 Å². The number of hydrogen-bond donors (Lipinski definition) is 2. The first kappa shape index (κ1) is 31.4. The van der Waals surface area contributed by atoms with Crippen LogP contribution in [0.3, 0.4) is 0 Å². The molecule has 8 nitrogen and oxygen atoms in total. The third-order valence-corrected chi connectivity index (χ3v) is 7.57. The van der Waals surface area contributed by atoms with Crippen molar-refractivity contribution in [2.24, 2.45) is 11.8 Å². The second-order valence-electron chi connectivity index (χ2n) is 10.1. The molecule has 1 aromatic carbocycles. The van der Waals surface area contributed by atoms with Crippen molar-refractivity contribution < 1.29 is 37.4 Å². The fourth-order valence-electron chi connectivity index (χ4n) is 5.11. The zero-order valence-electron chi connectivity index (χ0n) is 22.4. The van der Waals surface area contributed by atoms with Gasteiger partial charge in [0, 0.05) is 31.4 Å². The number of pyridine rings is 1. The molecule has 0 spiro atoms. The number of halogens is 4. The van der Waals surface area contributed by atoms with Crippen molar-refractivity contribution in [3.05, 3.63) is 34.9 Å². The molecule has 220 valence electrons. The lowest BCUT2D eigenvalue weighted by atomic mass is 9.89. The molecule has 2 N–H and O–H groups in total. The summed E-state index contributed by atoms with van der Waals surface area (Å²) in [4.78, 5) is 40.8. The molecule has 4 rings (SSSR count). The Morgan fingerprint density at radius 3 is 2.30 bits per heavy atom. The number of hydrogen-bond acceptors (Lipinski definition) is 6. The maximum atomic E-state index is 13.0. The number of nitrogens with one attached hydrogen (secondary N) is 1. The van der Waals surface area contributed by atoms with Gasteiger partial charge in [-0.1, -0.05) is 30.9 Å². The van der Waals surface area contributed by atoms with E-state index in [4.69, 9.17) is 31.2 Å². The van der Waals surface area contributed by atoms with E-state index >= 15 is 0 Å². The molecule has 2 aliphatic rings. The number of carbonyl (C=O) groups excluding carboxylic acids is 2. The van der Waals surface area contributed by atoms with E-state index in [1.807, 2.05) is 25.1 Å². The van der Waals surface area contributed by atoms with Gasteiger partial charge in [0.1, 0.15) is 5.82 Å². The summed E-state index contributed by atoms with van der Waals surface area (Å²) in [5.74, 6) is -1.16. The van der Waals surface area contributed by atoms with E-state index in [1.54, 1.807) is 6.07 Å². The molecule has 2 heterocycles. The molecular formula is C28H35ClF3N3O5. The number of benzene rings is 1. The smallest absolute Gasteiger partial charge is 0.475 e. The second kappa shape index (κ2) is 14.5. The summed E-state index contributed by atoms with van der Waals surface area (Å²) in [5.41, 5.74) is 1.28. The number of carbonyl (C=O) groups is 3. The number of piperidine rings is 1. The minimum Gasteiger partial charge on any atom is -0.475 e. The Bertz CT molecular complexity index is 1180. The summed E-state index contributed by atoms with van der Waals surface area (Å²) in [6.45, 7) is 4.68. The number of alkyl halides is 3. The molecule has 1 saturated carbocycles. The third kappa shape index (κ3) is 8.97. The van der Waals surface area contributed by atoms with Crippen LogP contribution in [0.4, 0.5) is 19.0 Å². The lowest BCUT2D eigenvalue weighted by Crippen LogP contribution is -2.35. The third-order valence-electron chi connectivity index (χ3n) is 7.25. The zero-order valence-corrected chi connectivity index (χ0v) is 23.2. The van der Waals surface area contributed by atoms with Crippen LogP contribution in [0, 0.1) is 11.8 Å². The van der Waals surface area contributed by atoms with Gasteiger partial charge in [0.15, 0.2) is 0 Å². The van der Waals surface area contributed by atoms with Gasteiger partial charge in [-0.25, -0.2) is 9.78 Å². The Kier molecular flexibility index (Phi) is 11.4. The van der Waals surface area contributed by atoms with Crippen LogP contribution in [0.5, 0.6) is 0 Å². The Labute approximate surface area is 236 Å². The number of anilines is 1. The zero-order chi connectivity index (χ0) is 29.3. The van der Waals surface area contributed by atoms with Gasteiger partial charge in [-0.3, -0.25) is 9.59 Å². The molecule has 1 aliphatic heterocycles. The molecule has 2 aromatic rings. The second-order valence-corrected chi connectivity index (χ2v) is 10.5. The van der Waals surface area contributed by atoms with Gasteiger partial charge in [-0.2, -0.15) is 13.2 Å². The maximum absolute atomic E-state index is 13.0. The van der Waals surface area contributed by atoms with Gasteiger partial charge in [0.25, 0.3) is 5.91 Å². The van der Waals surface area contributed by atoms with Crippen molar-refractivity contribution >= 4 is 46.2 Å². The van der Waals surface area contributed by atoms with Crippen molar-refractivity contribution in [3.8, 4) is 0 Å². The quantitative estimate of drug-likeness (QED) is 0.384. The molecule has 2 fully saturated rings. The number of ether oxygens (including phenoxy) is 1. The molecule has 12 heteroatoms. The van der Waals surface area contributed by atoms with Gasteiger partial charge < -0.3 is 20.1 Å². The number of nitrogens with zero attached hydrogens (tertiary/aromatic N) is 2. The van der Waals surface area contributed by atoms with E-state index in [0.29, 0.717) is 42.0 Å². The van der Waals surface area contributed by atoms with Gasteiger partial charge >= 0.3 is 18.1 Å². The summed E-state index contributed by atoms with van der Waals surface area (Å²) >= 11 is 6.45. The molecule has 40 heavy (non-hydrogen) atoms. The van der Waals surface area contributed by atoms with Gasteiger partial charge in [-0.15, -0.1) is 0 Å². The fourth-order valence-corrected chi connectivity index (χ4v) is 5.36. The Morgan fingerprint density at radius 1 is 1.05 bits per heavy atom. The molecule has 1 amide bonds. The van der Waals surface area contributed by atoms with E-state index in [9.17, 15) is 22.8 Å². The molecule has 0 radical (unpaired) electrons. The number of aromatic nitrogens is 1. The van der Waals surface area contributed by atoms with E-state index in [-0.39, 0.29) is 11.9 Å². The number of carboxylic acids is 1. The molecule has 1 saturated heterocycles. The van der Waals surface area contributed by atoms with Gasteiger partial charge in [0.2, 0.25) is 0 Å². The topological polar surface area (TPSA) is 109 Å². The number of aliphatic carboxylic acids is 1. The number of rotatable bonds is 7. The average Bonchev–Trinajstić information content (AvgIpc) is 2.92. The van der Waals surface area contributed by atoms with Crippen LogP contribution in [-0.2, 0) is 14.3 Å². The number of esters is 1. The van der Waals surface area contributed by atoms with Crippen LogP contribution >= 0.6 is 11.6 Å². The molecule has 1 aliphatic carbocycles. The highest BCUT2D eigenvalue weighted by Crippen LogP contribution is 2.30. The first-order valence-electron chi connectivity index (χ1n) is 13.6. The molecule has 1 aromatic heterocycles. The van der Waals surface area contributed by atoms with Crippen molar-refractivity contribution in [1.29, 1.82) is 0 Å². The summed E-state index contributed by atoms with van der Waals surface area (Å²) in [6.07, 6.45) is 3.46. The average molecular weight is 586 g/mol. The summed E-state index contributed by atoms with van der Waals surface area (Å²) in [7, 11) is 0. The normalized spacial score (nSPS) is 16.7. The van der Waals surface area contributed by atoms with Crippen LogP contribution < -0.4 is 10.2 Å². The maximum Gasteiger partial charge on any atom is 0.490 e. The highest BCUT2D eigenvalue weighted by molar-refractivity contribution is 6.35. The van der Waals surface area contributed by atoms with Crippen LogP contribution in [0.2, 0.25) is 5.02 Å². The van der Waals surface area contributed by atoms with Crippen LogP contribution in [0.15, 0.2) is 24.3 Å². The lowest BCUT2D eigenvalue weighted by molar-refractivity contribution is -0.192. The Morgan fingerprint density at radius 2 is 1.70 bits per heavy atom. The van der Waals surface area contributed by atoms with E-state index < -0.39 is 12.1 Å². The van der Waals surface area contributed by atoms with Crippen LogP contribution in [0.1, 0.15) is 68.6 Å². The molecule has 0 bridgehead atoms. The highest BCUT2D eigenvalue weighted by Gasteiger charge is 2.38. The van der Waals surface area contributed by atoms with Gasteiger partial charge in [0.05, 0.1) is 22.7 Å². The van der Waals surface area contributed by atoms with Crippen molar-refractivity contribution in [2.75, 3.05) is 31.1 Å².